The minimum atomic E-state index is 0.654. The average molecular weight is 345 g/mol. The molecule has 0 saturated heterocycles. The monoisotopic (exact) mass is 344 g/mol. The van der Waals surface area contributed by atoms with Crippen LogP contribution in [0.25, 0.3) is 0 Å². The highest BCUT2D eigenvalue weighted by Gasteiger charge is 2.54. The average Bonchev–Trinajstić information content (AvgIpc) is 3.07. The first-order chi connectivity index (χ1) is 11.8. The molecule has 0 spiro atoms. The van der Waals surface area contributed by atoms with E-state index in [1.165, 1.54) is 38.6 Å². The quantitative estimate of drug-likeness (QED) is 0.698. The second kappa shape index (κ2) is 6.37. The number of imidazole rings is 1. The summed E-state index contributed by atoms with van der Waals surface area (Å²) in [6, 6.07) is 0. The molecule has 24 heavy (non-hydrogen) atoms. The van der Waals surface area contributed by atoms with Crippen LogP contribution < -0.4 is 0 Å². The van der Waals surface area contributed by atoms with Crippen molar-refractivity contribution in [1.29, 1.82) is 0 Å². The Labute approximate surface area is 151 Å². The highest BCUT2D eigenvalue weighted by molar-refractivity contribution is 8.00. The summed E-state index contributed by atoms with van der Waals surface area (Å²) in [5.74, 6) is 3.19. The molecule has 132 valence electrons. The van der Waals surface area contributed by atoms with E-state index in [0.29, 0.717) is 5.41 Å². The lowest BCUT2D eigenvalue weighted by Gasteiger charge is -2.59. The van der Waals surface area contributed by atoms with Gasteiger partial charge in [0.25, 0.3) is 0 Å². The topological polar surface area (TPSA) is 17.8 Å². The molecule has 1 heterocycles. The second-order valence-electron chi connectivity index (χ2n) is 9.42. The van der Waals surface area contributed by atoms with Crippen molar-refractivity contribution in [3.8, 4) is 0 Å². The predicted octanol–water partition coefficient (Wildman–Crippen LogP) is 5.53. The summed E-state index contributed by atoms with van der Waals surface area (Å²) in [5, 5.41) is 1.75. The Morgan fingerprint density at radius 2 is 1.67 bits per heavy atom. The highest BCUT2D eigenvalue weighted by atomic mass is 32.2. The molecule has 4 bridgehead atoms. The first kappa shape index (κ1) is 15.8. The van der Waals surface area contributed by atoms with Gasteiger partial charge in [-0.2, -0.15) is 11.8 Å². The van der Waals surface area contributed by atoms with Crippen LogP contribution in [0.1, 0.15) is 70.6 Å². The lowest BCUT2D eigenvalue weighted by atomic mass is 9.48. The normalized spacial score (nSPS) is 40.1. The molecule has 1 aromatic rings. The van der Waals surface area contributed by atoms with Crippen molar-refractivity contribution in [1.82, 2.24) is 9.55 Å². The maximum absolute atomic E-state index is 4.32. The summed E-state index contributed by atoms with van der Waals surface area (Å²) in [6.07, 6.45) is 22.9. The van der Waals surface area contributed by atoms with Crippen LogP contribution in [0.15, 0.2) is 18.7 Å². The van der Waals surface area contributed by atoms with Gasteiger partial charge in [0.1, 0.15) is 0 Å². The fraction of sp³-hybridized carbons (Fsp3) is 0.857. The fourth-order valence-corrected chi connectivity index (χ4v) is 8.88. The lowest BCUT2D eigenvalue weighted by molar-refractivity contribution is -0.0554. The van der Waals surface area contributed by atoms with Crippen molar-refractivity contribution in [2.75, 3.05) is 0 Å². The molecule has 6 rings (SSSR count). The molecule has 2 nitrogen and oxygen atoms in total. The molecule has 0 amide bonds. The summed E-state index contributed by atoms with van der Waals surface area (Å²) >= 11 is 2.40. The van der Waals surface area contributed by atoms with E-state index in [1.54, 1.807) is 38.5 Å². The Bertz CT molecular complexity index is 511. The summed E-state index contributed by atoms with van der Waals surface area (Å²) in [4.78, 5) is 4.32. The maximum atomic E-state index is 4.32. The van der Waals surface area contributed by atoms with Gasteiger partial charge < -0.3 is 4.57 Å². The smallest absolute Gasteiger partial charge is 0.0946 e. The maximum Gasteiger partial charge on any atom is 0.0946 e. The third-order valence-electron chi connectivity index (χ3n) is 7.61. The van der Waals surface area contributed by atoms with Crippen LogP contribution in [0.5, 0.6) is 0 Å². The Morgan fingerprint density at radius 1 is 1.00 bits per heavy atom. The van der Waals surface area contributed by atoms with Gasteiger partial charge in [-0.05, 0) is 74.5 Å². The van der Waals surface area contributed by atoms with E-state index in [2.05, 4.69) is 33.8 Å². The summed E-state index contributed by atoms with van der Waals surface area (Å²) in [7, 11) is 0. The van der Waals surface area contributed by atoms with Gasteiger partial charge in [-0.1, -0.05) is 19.3 Å². The predicted molar refractivity (Wildman–Crippen MR) is 101 cm³/mol. The molecule has 5 saturated carbocycles. The number of aromatic nitrogens is 2. The van der Waals surface area contributed by atoms with Crippen LogP contribution in [-0.2, 0) is 6.54 Å². The Morgan fingerprint density at radius 3 is 2.25 bits per heavy atom. The third kappa shape index (κ3) is 2.95. The van der Waals surface area contributed by atoms with Gasteiger partial charge in [0.2, 0.25) is 0 Å². The van der Waals surface area contributed by atoms with Crippen molar-refractivity contribution < 1.29 is 0 Å². The fourth-order valence-electron chi connectivity index (χ4n) is 6.97. The SMILES string of the molecule is c1cn(CC(SC2CCCCC2)C23CC4CC(CC(C4)C2)C3)cn1. The Hall–Kier alpha value is -0.440. The van der Waals surface area contributed by atoms with Crippen molar-refractivity contribution in [2.24, 2.45) is 23.2 Å². The molecule has 5 aliphatic rings. The molecule has 5 aliphatic carbocycles. The Kier molecular flexibility index (Phi) is 4.19. The van der Waals surface area contributed by atoms with E-state index in [4.69, 9.17) is 0 Å². The van der Waals surface area contributed by atoms with Crippen LogP contribution in [-0.4, -0.2) is 20.1 Å². The first-order valence-corrected chi connectivity index (χ1v) is 11.3. The third-order valence-corrected chi connectivity index (χ3v) is 9.45. The van der Waals surface area contributed by atoms with Crippen LogP contribution in [0.3, 0.4) is 0 Å². The number of rotatable bonds is 5. The van der Waals surface area contributed by atoms with Gasteiger partial charge >= 0.3 is 0 Å². The molecule has 1 unspecified atom stereocenters. The van der Waals surface area contributed by atoms with E-state index in [-0.39, 0.29) is 0 Å². The van der Waals surface area contributed by atoms with Crippen LogP contribution >= 0.6 is 11.8 Å². The van der Waals surface area contributed by atoms with Gasteiger partial charge in [-0.15, -0.1) is 0 Å². The van der Waals surface area contributed by atoms with E-state index in [0.717, 1.165) is 28.3 Å². The molecule has 3 heteroatoms. The molecule has 0 aliphatic heterocycles. The molecular weight excluding hydrogens is 312 g/mol. The highest BCUT2D eigenvalue weighted by Crippen LogP contribution is 2.63. The van der Waals surface area contributed by atoms with Gasteiger partial charge in [0, 0.05) is 29.4 Å². The zero-order valence-corrected chi connectivity index (χ0v) is 15.7. The van der Waals surface area contributed by atoms with Gasteiger partial charge in [-0.3, -0.25) is 0 Å². The van der Waals surface area contributed by atoms with E-state index in [1.807, 2.05) is 6.20 Å². The zero-order valence-electron chi connectivity index (χ0n) is 14.9. The van der Waals surface area contributed by atoms with E-state index in [9.17, 15) is 0 Å². The molecule has 0 aromatic carbocycles. The number of hydrogen-bond donors (Lipinski definition) is 0. The van der Waals surface area contributed by atoms with Gasteiger partial charge in [0.05, 0.1) is 6.33 Å². The molecule has 0 N–H and O–H groups in total. The second-order valence-corrected chi connectivity index (χ2v) is 10.9. The summed E-state index contributed by atoms with van der Waals surface area (Å²) < 4.78 is 2.37. The number of thioether (sulfide) groups is 1. The molecule has 0 radical (unpaired) electrons. The van der Waals surface area contributed by atoms with Gasteiger partial charge in [-0.25, -0.2) is 4.98 Å². The molecule has 1 aromatic heterocycles. The largest absolute Gasteiger partial charge is 0.336 e. The molecular formula is C21H32N2S. The minimum absolute atomic E-state index is 0.654. The van der Waals surface area contributed by atoms with Crippen LogP contribution in [0.2, 0.25) is 0 Å². The summed E-state index contributed by atoms with van der Waals surface area (Å²) in [5.41, 5.74) is 0.654. The zero-order chi connectivity index (χ0) is 16.0. The standard InChI is InChI=1S/C21H32N2S/c1-2-4-19(5-3-1)24-20(14-23-7-6-22-15-23)21-11-16-8-17(12-21)10-18(9-16)13-21/h6-7,15-20H,1-5,8-14H2. The molecule has 1 atom stereocenters. The van der Waals surface area contributed by atoms with Crippen molar-refractivity contribution in [3.63, 3.8) is 0 Å². The van der Waals surface area contributed by atoms with Crippen LogP contribution in [0.4, 0.5) is 0 Å². The number of nitrogens with zero attached hydrogens (tertiary/aromatic N) is 2. The number of hydrogen-bond acceptors (Lipinski definition) is 2. The van der Waals surface area contributed by atoms with E-state index < -0.39 is 0 Å². The van der Waals surface area contributed by atoms with Crippen molar-refractivity contribution >= 4 is 11.8 Å². The summed E-state index contributed by atoms with van der Waals surface area (Å²) in [6.45, 7) is 1.20. The van der Waals surface area contributed by atoms with Crippen molar-refractivity contribution in [3.05, 3.63) is 18.7 Å². The minimum Gasteiger partial charge on any atom is -0.336 e. The van der Waals surface area contributed by atoms with Crippen LogP contribution in [0, 0.1) is 23.2 Å². The van der Waals surface area contributed by atoms with Crippen molar-refractivity contribution in [2.45, 2.75) is 87.7 Å². The first-order valence-electron chi connectivity index (χ1n) is 10.4. The molecule has 5 fully saturated rings. The Balaban J connectivity index is 1.39. The van der Waals surface area contributed by atoms with E-state index >= 15 is 0 Å². The van der Waals surface area contributed by atoms with Gasteiger partial charge in [0.15, 0.2) is 0 Å². The lowest BCUT2D eigenvalue weighted by Crippen LogP contribution is -2.52.